The van der Waals surface area contributed by atoms with Gasteiger partial charge in [0.1, 0.15) is 0 Å². The van der Waals surface area contributed by atoms with Gasteiger partial charge in [-0.2, -0.15) is 0 Å². The van der Waals surface area contributed by atoms with Crippen LogP contribution in [0.2, 0.25) is 0 Å². The van der Waals surface area contributed by atoms with Gasteiger partial charge in [0.2, 0.25) is 0 Å². The first-order chi connectivity index (χ1) is 9.45. The fraction of sp³-hybridized carbons (Fsp3) is 0.312. The molecule has 2 rings (SSSR count). The fourth-order valence-electron chi connectivity index (χ4n) is 2.09. The Hall–Kier alpha value is -1.68. The average Bonchev–Trinajstić information content (AvgIpc) is 2.35. The van der Waals surface area contributed by atoms with E-state index in [1.165, 1.54) is 17.3 Å². The lowest BCUT2D eigenvalue weighted by Crippen LogP contribution is -2.06. The van der Waals surface area contributed by atoms with E-state index in [4.69, 9.17) is 0 Å². The van der Waals surface area contributed by atoms with E-state index >= 15 is 0 Å². The Morgan fingerprint density at radius 2 is 1.70 bits per heavy atom. The van der Waals surface area contributed by atoms with Crippen LogP contribution in [0.1, 0.15) is 32.9 Å². The second-order valence-corrected chi connectivity index (χ2v) is 5.91. The topological polar surface area (TPSA) is 42.9 Å². The molecule has 0 spiro atoms. The quantitative estimate of drug-likeness (QED) is 0.488. The number of thioether (sulfide) groups is 1. The van der Waals surface area contributed by atoms with Crippen LogP contribution in [0, 0.1) is 27.7 Å². The molecule has 3 nitrogen and oxygen atoms in total. The van der Waals surface area contributed by atoms with Gasteiger partial charge in [0.05, 0.1) is 5.75 Å². The minimum absolute atomic E-state index is 0.121. The molecule has 0 saturated carbocycles. The van der Waals surface area contributed by atoms with Crippen LogP contribution < -0.4 is 0 Å². The third kappa shape index (κ3) is 3.67. The highest BCUT2D eigenvalue weighted by molar-refractivity contribution is 7.99. The number of rotatable bonds is 4. The summed E-state index contributed by atoms with van der Waals surface area (Å²) < 4.78 is 0. The minimum atomic E-state index is 0.121. The monoisotopic (exact) mass is 286 g/mol. The SMILES string of the molecule is Cc1ccc(C(=O)CSc2nc(C)cc(C)n2)c(C)c1. The van der Waals surface area contributed by atoms with Crippen molar-refractivity contribution in [2.24, 2.45) is 0 Å². The summed E-state index contributed by atoms with van der Waals surface area (Å²) in [5, 5.41) is 0.667. The molecular weight excluding hydrogens is 268 g/mol. The van der Waals surface area contributed by atoms with E-state index in [0.717, 1.165) is 22.5 Å². The Bertz CT molecular complexity index is 633. The van der Waals surface area contributed by atoms with Crippen LogP contribution in [0.15, 0.2) is 29.4 Å². The van der Waals surface area contributed by atoms with Crippen LogP contribution in [0.4, 0.5) is 0 Å². The molecule has 0 atom stereocenters. The number of hydrogen-bond donors (Lipinski definition) is 0. The third-order valence-electron chi connectivity index (χ3n) is 2.98. The number of ketones is 1. The van der Waals surface area contributed by atoms with E-state index < -0.39 is 0 Å². The Labute approximate surface area is 123 Å². The molecule has 0 saturated heterocycles. The smallest absolute Gasteiger partial charge is 0.188 e. The first-order valence-corrected chi connectivity index (χ1v) is 7.50. The maximum absolute atomic E-state index is 12.2. The molecule has 20 heavy (non-hydrogen) atoms. The van der Waals surface area contributed by atoms with Gasteiger partial charge in [-0.3, -0.25) is 4.79 Å². The Morgan fingerprint density at radius 3 is 2.30 bits per heavy atom. The zero-order valence-corrected chi connectivity index (χ0v) is 13.0. The Morgan fingerprint density at radius 1 is 1.05 bits per heavy atom. The van der Waals surface area contributed by atoms with Crippen LogP contribution in [0.25, 0.3) is 0 Å². The molecule has 1 aromatic heterocycles. The number of Topliss-reactive ketones (excluding diaryl/α,β-unsaturated/α-hetero) is 1. The Balaban J connectivity index is 2.08. The van der Waals surface area contributed by atoms with E-state index in [1.54, 1.807) is 0 Å². The number of hydrogen-bond acceptors (Lipinski definition) is 4. The lowest BCUT2D eigenvalue weighted by atomic mass is 10.0. The number of carbonyl (C=O) groups is 1. The molecule has 0 bridgehead atoms. The highest BCUT2D eigenvalue weighted by atomic mass is 32.2. The number of aryl methyl sites for hydroxylation is 4. The molecule has 0 aliphatic heterocycles. The van der Waals surface area contributed by atoms with Gasteiger partial charge in [0, 0.05) is 17.0 Å². The molecule has 0 fully saturated rings. The normalized spacial score (nSPS) is 10.6. The van der Waals surface area contributed by atoms with Crippen molar-refractivity contribution in [2.45, 2.75) is 32.9 Å². The van der Waals surface area contributed by atoms with Gasteiger partial charge >= 0.3 is 0 Å². The van der Waals surface area contributed by atoms with Gasteiger partial charge < -0.3 is 0 Å². The summed E-state index contributed by atoms with van der Waals surface area (Å²) in [4.78, 5) is 20.9. The maximum atomic E-state index is 12.2. The van der Waals surface area contributed by atoms with Gasteiger partial charge in [0.25, 0.3) is 0 Å². The molecule has 1 heterocycles. The highest BCUT2D eigenvalue weighted by Gasteiger charge is 2.11. The summed E-state index contributed by atoms with van der Waals surface area (Å²) in [6.07, 6.45) is 0. The standard InChI is InChI=1S/C16H18N2OS/c1-10-5-6-14(11(2)7-10)15(19)9-20-16-17-12(3)8-13(4)18-16/h5-8H,9H2,1-4H3. The van der Waals surface area contributed by atoms with Crippen molar-refractivity contribution in [1.29, 1.82) is 0 Å². The van der Waals surface area contributed by atoms with Crippen molar-refractivity contribution in [2.75, 3.05) is 5.75 Å². The van der Waals surface area contributed by atoms with E-state index in [9.17, 15) is 4.79 Å². The van der Waals surface area contributed by atoms with E-state index in [0.29, 0.717) is 10.9 Å². The number of nitrogens with zero attached hydrogens (tertiary/aromatic N) is 2. The lowest BCUT2D eigenvalue weighted by Gasteiger charge is -2.06. The van der Waals surface area contributed by atoms with Gasteiger partial charge in [-0.1, -0.05) is 35.5 Å². The first kappa shape index (κ1) is 14.7. The number of aromatic nitrogens is 2. The van der Waals surface area contributed by atoms with Gasteiger partial charge in [-0.25, -0.2) is 9.97 Å². The van der Waals surface area contributed by atoms with Crippen LogP contribution in [-0.4, -0.2) is 21.5 Å². The molecule has 1 aromatic carbocycles. The van der Waals surface area contributed by atoms with Gasteiger partial charge in [-0.05, 0) is 39.3 Å². The molecule has 0 radical (unpaired) electrons. The Kier molecular flexibility index (Phi) is 4.55. The summed E-state index contributed by atoms with van der Waals surface area (Å²) >= 11 is 1.39. The predicted octanol–water partition coefficient (Wildman–Crippen LogP) is 3.69. The van der Waals surface area contributed by atoms with Gasteiger partial charge in [-0.15, -0.1) is 0 Å². The van der Waals surface area contributed by atoms with Crippen molar-refractivity contribution in [1.82, 2.24) is 9.97 Å². The first-order valence-electron chi connectivity index (χ1n) is 6.51. The van der Waals surface area contributed by atoms with Crippen molar-refractivity contribution >= 4 is 17.5 Å². The van der Waals surface area contributed by atoms with Crippen LogP contribution in [0.3, 0.4) is 0 Å². The highest BCUT2D eigenvalue weighted by Crippen LogP contribution is 2.18. The van der Waals surface area contributed by atoms with Crippen LogP contribution in [-0.2, 0) is 0 Å². The van der Waals surface area contributed by atoms with Crippen molar-refractivity contribution < 1.29 is 4.79 Å². The molecular formula is C16H18N2OS. The third-order valence-corrected chi connectivity index (χ3v) is 3.82. The zero-order chi connectivity index (χ0) is 14.7. The number of benzene rings is 1. The lowest BCUT2D eigenvalue weighted by molar-refractivity contribution is 0.102. The molecule has 4 heteroatoms. The molecule has 0 N–H and O–H groups in total. The fourth-order valence-corrected chi connectivity index (χ4v) is 2.93. The number of carbonyl (C=O) groups excluding carboxylic acids is 1. The zero-order valence-electron chi connectivity index (χ0n) is 12.2. The van der Waals surface area contributed by atoms with Crippen molar-refractivity contribution in [3.63, 3.8) is 0 Å². The molecule has 0 aliphatic carbocycles. The minimum Gasteiger partial charge on any atom is -0.293 e. The van der Waals surface area contributed by atoms with E-state index in [-0.39, 0.29) is 5.78 Å². The molecule has 0 unspecified atom stereocenters. The van der Waals surface area contributed by atoms with Crippen LogP contribution in [0.5, 0.6) is 0 Å². The molecule has 0 aliphatic rings. The van der Waals surface area contributed by atoms with Crippen molar-refractivity contribution in [3.8, 4) is 0 Å². The molecule has 2 aromatic rings. The summed E-state index contributed by atoms with van der Waals surface area (Å²) in [6, 6.07) is 7.83. The average molecular weight is 286 g/mol. The van der Waals surface area contributed by atoms with E-state index in [1.807, 2.05) is 52.0 Å². The molecule has 0 amide bonds. The molecule has 104 valence electrons. The summed E-state index contributed by atoms with van der Waals surface area (Å²) in [5.41, 5.74) is 4.84. The summed E-state index contributed by atoms with van der Waals surface area (Å²) in [7, 11) is 0. The van der Waals surface area contributed by atoms with Crippen LogP contribution >= 0.6 is 11.8 Å². The summed E-state index contributed by atoms with van der Waals surface area (Å²) in [5.74, 6) is 0.488. The van der Waals surface area contributed by atoms with Crippen molar-refractivity contribution in [3.05, 3.63) is 52.3 Å². The van der Waals surface area contributed by atoms with Gasteiger partial charge in [0.15, 0.2) is 10.9 Å². The maximum Gasteiger partial charge on any atom is 0.188 e. The van der Waals surface area contributed by atoms with E-state index in [2.05, 4.69) is 9.97 Å². The predicted molar refractivity (Wildman–Crippen MR) is 82.5 cm³/mol. The second-order valence-electron chi connectivity index (χ2n) is 4.96. The summed E-state index contributed by atoms with van der Waals surface area (Å²) in [6.45, 7) is 7.87. The largest absolute Gasteiger partial charge is 0.293 e. The second kappa shape index (κ2) is 6.18.